The Labute approximate surface area is 142 Å². The molecular weight excluding hydrogens is 348 g/mol. The van der Waals surface area contributed by atoms with Crippen LogP contribution in [0.25, 0.3) is 0 Å². The Morgan fingerprint density at radius 2 is 2.00 bits per heavy atom. The van der Waals surface area contributed by atoms with Gasteiger partial charge in [-0.3, -0.25) is 0 Å². The highest BCUT2D eigenvalue weighted by atomic mass is 79.9. The van der Waals surface area contributed by atoms with Crippen LogP contribution < -0.4 is 10.2 Å². The molecular formula is C17H26BrClN2. The fourth-order valence-electron chi connectivity index (χ4n) is 2.91. The number of nitrogens with one attached hydrogen (secondary N) is 1. The van der Waals surface area contributed by atoms with E-state index >= 15 is 0 Å². The highest BCUT2D eigenvalue weighted by Crippen LogP contribution is 2.33. The van der Waals surface area contributed by atoms with Crippen LogP contribution >= 0.6 is 27.5 Å². The first-order valence-corrected chi connectivity index (χ1v) is 8.82. The van der Waals surface area contributed by atoms with E-state index in [0.717, 1.165) is 22.6 Å². The molecule has 1 aliphatic heterocycles. The third-order valence-electron chi connectivity index (χ3n) is 4.40. The Balaban J connectivity index is 2.31. The van der Waals surface area contributed by atoms with Crippen LogP contribution in [0.2, 0.25) is 5.02 Å². The smallest absolute Gasteiger partial charge is 0.0549 e. The first-order valence-electron chi connectivity index (χ1n) is 7.65. The van der Waals surface area contributed by atoms with Crippen LogP contribution in [0.5, 0.6) is 0 Å². The van der Waals surface area contributed by atoms with Gasteiger partial charge in [0.2, 0.25) is 0 Å². The largest absolute Gasteiger partial charge is 0.365 e. The Kier molecular flexibility index (Phi) is 5.27. The average molecular weight is 374 g/mol. The van der Waals surface area contributed by atoms with Gasteiger partial charge in [-0.25, -0.2) is 0 Å². The zero-order chi connectivity index (χ0) is 15.8. The number of anilines is 1. The number of nitrogens with zero attached hydrogens (tertiary/aromatic N) is 1. The van der Waals surface area contributed by atoms with Crippen molar-refractivity contribution >= 4 is 33.2 Å². The lowest BCUT2D eigenvalue weighted by Crippen LogP contribution is -2.62. The van der Waals surface area contributed by atoms with E-state index in [9.17, 15) is 0 Å². The average Bonchev–Trinajstić information content (AvgIpc) is 2.40. The molecule has 2 atom stereocenters. The molecule has 2 unspecified atom stereocenters. The van der Waals surface area contributed by atoms with Gasteiger partial charge in [0.25, 0.3) is 0 Å². The molecule has 0 spiro atoms. The van der Waals surface area contributed by atoms with Crippen molar-refractivity contribution in [1.29, 1.82) is 0 Å². The molecule has 0 aliphatic carbocycles. The van der Waals surface area contributed by atoms with E-state index in [1.165, 1.54) is 5.69 Å². The van der Waals surface area contributed by atoms with Gasteiger partial charge in [-0.15, -0.1) is 0 Å². The van der Waals surface area contributed by atoms with Crippen LogP contribution in [-0.4, -0.2) is 25.2 Å². The second-order valence-electron chi connectivity index (χ2n) is 7.39. The number of benzene rings is 1. The quantitative estimate of drug-likeness (QED) is 0.789. The molecule has 2 nitrogen and oxygen atoms in total. The highest BCUT2D eigenvalue weighted by molar-refractivity contribution is 9.10. The molecule has 1 aromatic rings. The van der Waals surface area contributed by atoms with Crippen molar-refractivity contribution in [2.24, 2.45) is 11.3 Å². The van der Waals surface area contributed by atoms with Crippen molar-refractivity contribution < 1.29 is 0 Å². The molecule has 0 bridgehead atoms. The predicted molar refractivity (Wildman–Crippen MR) is 96.4 cm³/mol. The Hall–Kier alpha value is -0.250. The van der Waals surface area contributed by atoms with Crippen molar-refractivity contribution in [3.05, 3.63) is 27.7 Å². The molecule has 1 heterocycles. The summed E-state index contributed by atoms with van der Waals surface area (Å²) in [6, 6.07) is 7.25. The lowest BCUT2D eigenvalue weighted by Gasteiger charge is -2.47. The summed E-state index contributed by atoms with van der Waals surface area (Å²) in [5, 5.41) is 4.50. The van der Waals surface area contributed by atoms with Gasteiger partial charge in [-0.2, -0.15) is 0 Å². The first-order chi connectivity index (χ1) is 9.70. The normalized spacial score (nSPS) is 23.7. The lowest BCUT2D eigenvalue weighted by molar-refractivity contribution is 0.221. The minimum atomic E-state index is 0.254. The minimum absolute atomic E-state index is 0.254. The fraction of sp³-hybridized carbons (Fsp3) is 0.647. The molecule has 1 aromatic carbocycles. The van der Waals surface area contributed by atoms with Gasteiger partial charge in [0.15, 0.2) is 0 Å². The van der Waals surface area contributed by atoms with Crippen molar-refractivity contribution in [2.75, 3.05) is 18.0 Å². The van der Waals surface area contributed by atoms with Crippen LogP contribution in [-0.2, 0) is 0 Å². The van der Waals surface area contributed by atoms with Crippen LogP contribution in [0.4, 0.5) is 5.69 Å². The van der Waals surface area contributed by atoms with Crippen LogP contribution in [0.3, 0.4) is 0 Å². The number of hydrogen-bond acceptors (Lipinski definition) is 2. The Morgan fingerprint density at radius 1 is 1.33 bits per heavy atom. The van der Waals surface area contributed by atoms with Gasteiger partial charge in [0.05, 0.1) is 5.02 Å². The summed E-state index contributed by atoms with van der Waals surface area (Å²) >= 11 is 9.69. The summed E-state index contributed by atoms with van der Waals surface area (Å²) in [6.07, 6.45) is 0. The summed E-state index contributed by atoms with van der Waals surface area (Å²) in [5.74, 6) is 0.605. The van der Waals surface area contributed by atoms with Crippen molar-refractivity contribution in [3.63, 3.8) is 0 Å². The van der Waals surface area contributed by atoms with Gasteiger partial charge in [-0.05, 0) is 45.5 Å². The second kappa shape index (κ2) is 6.47. The van der Waals surface area contributed by atoms with Gasteiger partial charge >= 0.3 is 0 Å². The Morgan fingerprint density at radius 3 is 2.52 bits per heavy atom. The summed E-state index contributed by atoms with van der Waals surface area (Å²) in [6.45, 7) is 13.5. The number of hydrogen-bond donors (Lipinski definition) is 1. The summed E-state index contributed by atoms with van der Waals surface area (Å²) < 4.78 is 0.968. The Bertz CT molecular complexity index is 496. The summed E-state index contributed by atoms with van der Waals surface area (Å²) in [4.78, 5) is 2.54. The molecule has 1 saturated heterocycles. The summed E-state index contributed by atoms with van der Waals surface area (Å²) in [5.41, 5.74) is 1.50. The maximum Gasteiger partial charge on any atom is 0.0549 e. The molecule has 0 amide bonds. The molecule has 1 N–H and O–H groups in total. The van der Waals surface area contributed by atoms with E-state index in [4.69, 9.17) is 11.6 Å². The molecule has 0 radical (unpaired) electrons. The standard InChI is InChI=1S/C17H26BrClN2/c1-11(2)15-9-20-16(17(3,4)5)10-21(15)12-6-7-14(19)13(18)8-12/h6-8,11,15-16,20H,9-10H2,1-5H3. The molecule has 118 valence electrons. The monoisotopic (exact) mass is 372 g/mol. The number of halogens is 2. The van der Waals surface area contributed by atoms with Gasteiger partial charge in [0.1, 0.15) is 0 Å². The zero-order valence-corrected chi connectivity index (χ0v) is 15.9. The van der Waals surface area contributed by atoms with E-state index in [0.29, 0.717) is 18.0 Å². The maximum absolute atomic E-state index is 6.14. The molecule has 0 saturated carbocycles. The summed E-state index contributed by atoms with van der Waals surface area (Å²) in [7, 11) is 0. The molecule has 21 heavy (non-hydrogen) atoms. The second-order valence-corrected chi connectivity index (χ2v) is 8.65. The zero-order valence-electron chi connectivity index (χ0n) is 13.6. The van der Waals surface area contributed by atoms with E-state index in [-0.39, 0.29) is 5.41 Å². The van der Waals surface area contributed by atoms with Gasteiger partial charge < -0.3 is 10.2 Å². The molecule has 1 fully saturated rings. The van der Waals surface area contributed by atoms with E-state index < -0.39 is 0 Å². The topological polar surface area (TPSA) is 15.3 Å². The molecule has 1 aliphatic rings. The highest BCUT2D eigenvalue weighted by Gasteiger charge is 2.35. The predicted octanol–water partition coefficient (Wildman–Crippen LogP) is 4.95. The molecule has 0 aromatic heterocycles. The van der Waals surface area contributed by atoms with E-state index in [1.807, 2.05) is 6.07 Å². The minimum Gasteiger partial charge on any atom is -0.365 e. The van der Waals surface area contributed by atoms with Crippen LogP contribution in [0, 0.1) is 11.3 Å². The molecule has 2 rings (SSSR count). The third kappa shape index (κ3) is 3.94. The lowest BCUT2D eigenvalue weighted by atomic mass is 9.83. The number of piperazine rings is 1. The van der Waals surface area contributed by atoms with E-state index in [2.05, 4.69) is 72.9 Å². The van der Waals surface area contributed by atoms with Crippen molar-refractivity contribution in [3.8, 4) is 0 Å². The van der Waals surface area contributed by atoms with Crippen LogP contribution in [0.1, 0.15) is 34.6 Å². The van der Waals surface area contributed by atoms with Crippen molar-refractivity contribution in [2.45, 2.75) is 46.7 Å². The van der Waals surface area contributed by atoms with Gasteiger partial charge in [0, 0.05) is 35.3 Å². The SMILES string of the molecule is CC(C)C1CNC(C(C)(C)C)CN1c1ccc(Cl)c(Br)c1. The first kappa shape index (κ1) is 17.1. The maximum atomic E-state index is 6.14. The van der Waals surface area contributed by atoms with Crippen LogP contribution in [0.15, 0.2) is 22.7 Å². The van der Waals surface area contributed by atoms with Gasteiger partial charge in [-0.1, -0.05) is 46.2 Å². The van der Waals surface area contributed by atoms with E-state index in [1.54, 1.807) is 0 Å². The number of rotatable bonds is 2. The van der Waals surface area contributed by atoms with Crippen molar-refractivity contribution in [1.82, 2.24) is 5.32 Å². The molecule has 4 heteroatoms. The fourth-order valence-corrected chi connectivity index (χ4v) is 3.39. The third-order valence-corrected chi connectivity index (χ3v) is 5.62.